The third-order valence-electron chi connectivity index (χ3n) is 4.19. The molecule has 0 saturated heterocycles. The zero-order valence-corrected chi connectivity index (χ0v) is 17.9. The fraction of sp³-hybridized carbons (Fsp3) is 0.632. The Bertz CT molecular complexity index is 585. The van der Waals surface area contributed by atoms with Gasteiger partial charge < -0.3 is 20.1 Å². The summed E-state index contributed by atoms with van der Waals surface area (Å²) in [4.78, 5) is 11.9. The number of carbonyl (C=O) groups excluding carboxylic acids is 1. The molecular formula is C19H31BrN2O3. The maximum atomic E-state index is 11.9. The molecule has 2 N–H and O–H groups in total. The molecular weight excluding hydrogens is 384 g/mol. The van der Waals surface area contributed by atoms with Gasteiger partial charge in [0.1, 0.15) is 11.4 Å². The lowest BCUT2D eigenvalue weighted by molar-refractivity contribution is 0.0503. The van der Waals surface area contributed by atoms with Gasteiger partial charge in [-0.2, -0.15) is 0 Å². The molecule has 142 valence electrons. The summed E-state index contributed by atoms with van der Waals surface area (Å²) in [5.41, 5.74) is 0.376. The molecule has 0 heterocycles. The number of ether oxygens (including phenoxy) is 2. The second-order valence-electron chi connectivity index (χ2n) is 7.75. The van der Waals surface area contributed by atoms with Gasteiger partial charge >= 0.3 is 6.09 Å². The summed E-state index contributed by atoms with van der Waals surface area (Å²) in [5, 5.41) is 6.44. The number of methoxy groups -OCH3 is 1. The molecule has 1 rings (SSSR count). The van der Waals surface area contributed by atoms with Crippen molar-refractivity contribution < 1.29 is 14.3 Å². The van der Waals surface area contributed by atoms with Gasteiger partial charge in [-0.05, 0) is 67.2 Å². The van der Waals surface area contributed by atoms with Crippen LogP contribution < -0.4 is 15.4 Å². The molecule has 5 nitrogen and oxygen atoms in total. The zero-order chi connectivity index (χ0) is 19.3. The van der Waals surface area contributed by atoms with E-state index in [0.29, 0.717) is 19.0 Å². The molecule has 0 aliphatic carbocycles. The Morgan fingerprint density at radius 3 is 2.36 bits per heavy atom. The summed E-state index contributed by atoms with van der Waals surface area (Å²) in [6, 6.07) is 6.00. The number of hydrogen-bond donors (Lipinski definition) is 2. The summed E-state index contributed by atoms with van der Waals surface area (Å²) in [6.07, 6.45) is -0.395. The maximum absolute atomic E-state index is 11.9. The molecule has 0 radical (unpaired) electrons. The first-order chi connectivity index (χ1) is 11.5. The van der Waals surface area contributed by atoms with Crippen LogP contribution in [0.1, 0.15) is 47.1 Å². The van der Waals surface area contributed by atoms with Crippen molar-refractivity contribution in [2.75, 3.05) is 13.7 Å². The van der Waals surface area contributed by atoms with Crippen molar-refractivity contribution in [3.63, 3.8) is 0 Å². The van der Waals surface area contributed by atoms with E-state index < -0.39 is 11.7 Å². The Morgan fingerprint density at radius 1 is 1.24 bits per heavy atom. The van der Waals surface area contributed by atoms with E-state index in [1.165, 1.54) is 0 Å². The zero-order valence-electron chi connectivity index (χ0n) is 16.3. The quantitative estimate of drug-likeness (QED) is 0.689. The average Bonchev–Trinajstić information content (AvgIpc) is 2.49. The van der Waals surface area contributed by atoms with Gasteiger partial charge in [-0.25, -0.2) is 4.79 Å². The highest BCUT2D eigenvalue weighted by molar-refractivity contribution is 9.10. The van der Waals surface area contributed by atoms with Crippen LogP contribution in [0.5, 0.6) is 5.75 Å². The van der Waals surface area contributed by atoms with Crippen molar-refractivity contribution in [1.82, 2.24) is 10.6 Å². The molecule has 1 atom stereocenters. The first-order valence-electron chi connectivity index (χ1n) is 8.51. The van der Waals surface area contributed by atoms with Gasteiger partial charge in [-0.15, -0.1) is 0 Å². The predicted octanol–water partition coefficient (Wildman–Crippen LogP) is 4.49. The number of amides is 1. The van der Waals surface area contributed by atoms with E-state index in [0.717, 1.165) is 15.8 Å². The molecule has 1 amide bonds. The molecule has 1 aromatic carbocycles. The van der Waals surface area contributed by atoms with E-state index in [2.05, 4.69) is 47.3 Å². The topological polar surface area (TPSA) is 59.6 Å². The van der Waals surface area contributed by atoms with E-state index in [1.54, 1.807) is 7.11 Å². The van der Waals surface area contributed by atoms with Gasteiger partial charge in [-0.3, -0.25) is 0 Å². The number of alkyl carbamates (subject to hydrolysis) is 1. The van der Waals surface area contributed by atoms with E-state index in [-0.39, 0.29) is 5.54 Å². The summed E-state index contributed by atoms with van der Waals surface area (Å²) < 4.78 is 11.5. The van der Waals surface area contributed by atoms with Crippen molar-refractivity contribution in [3.05, 3.63) is 28.2 Å². The van der Waals surface area contributed by atoms with Crippen molar-refractivity contribution in [2.24, 2.45) is 5.92 Å². The normalized spacial score (nSPS) is 14.1. The van der Waals surface area contributed by atoms with Crippen LogP contribution >= 0.6 is 15.9 Å². The second-order valence-corrected chi connectivity index (χ2v) is 8.60. The highest BCUT2D eigenvalue weighted by atomic mass is 79.9. The van der Waals surface area contributed by atoms with E-state index in [1.807, 2.05) is 39.0 Å². The molecule has 6 heteroatoms. The summed E-state index contributed by atoms with van der Waals surface area (Å²) in [7, 11) is 1.65. The highest BCUT2D eigenvalue weighted by Gasteiger charge is 2.29. The Morgan fingerprint density at radius 2 is 1.88 bits per heavy atom. The Balaban J connectivity index is 2.69. The van der Waals surface area contributed by atoms with Crippen molar-refractivity contribution in [2.45, 2.75) is 59.2 Å². The standard InChI is InChI=1S/C19H31BrN2O3/c1-13(2)19(6,12-21-17(23)25-18(3,4)5)22-11-14-8-9-16(24-7)15(20)10-14/h8-10,13,22H,11-12H2,1-7H3,(H,21,23). The number of benzene rings is 1. The number of rotatable bonds is 7. The number of carbonyl (C=O) groups is 1. The van der Waals surface area contributed by atoms with Crippen molar-refractivity contribution in [1.29, 1.82) is 0 Å². The van der Waals surface area contributed by atoms with Crippen LogP contribution in [-0.2, 0) is 11.3 Å². The van der Waals surface area contributed by atoms with Crippen molar-refractivity contribution >= 4 is 22.0 Å². The van der Waals surface area contributed by atoms with E-state index >= 15 is 0 Å². The van der Waals surface area contributed by atoms with Crippen LogP contribution in [0.3, 0.4) is 0 Å². The molecule has 0 saturated carbocycles. The van der Waals surface area contributed by atoms with Gasteiger partial charge in [0, 0.05) is 18.6 Å². The molecule has 1 aromatic rings. The van der Waals surface area contributed by atoms with Gasteiger partial charge in [0.2, 0.25) is 0 Å². The molecule has 0 aliphatic rings. The first kappa shape index (κ1) is 21.8. The second kappa shape index (κ2) is 8.90. The van der Waals surface area contributed by atoms with Gasteiger partial charge in [-0.1, -0.05) is 19.9 Å². The summed E-state index contributed by atoms with van der Waals surface area (Å²) in [6.45, 7) is 13.1. The molecule has 0 fully saturated rings. The monoisotopic (exact) mass is 414 g/mol. The van der Waals surface area contributed by atoms with Gasteiger partial charge in [0.05, 0.1) is 11.6 Å². The fourth-order valence-electron chi connectivity index (χ4n) is 2.16. The number of nitrogens with one attached hydrogen (secondary N) is 2. The number of halogens is 1. The van der Waals surface area contributed by atoms with E-state index in [9.17, 15) is 4.79 Å². The van der Waals surface area contributed by atoms with Gasteiger partial charge in [0.25, 0.3) is 0 Å². The third-order valence-corrected chi connectivity index (χ3v) is 4.81. The van der Waals surface area contributed by atoms with Crippen LogP contribution in [0.25, 0.3) is 0 Å². The minimum atomic E-state index is -0.499. The molecule has 0 aromatic heterocycles. The van der Waals surface area contributed by atoms with Crippen LogP contribution in [-0.4, -0.2) is 30.9 Å². The molecule has 0 spiro atoms. The molecule has 1 unspecified atom stereocenters. The lowest BCUT2D eigenvalue weighted by Crippen LogP contribution is -2.55. The number of hydrogen-bond acceptors (Lipinski definition) is 4. The Kier molecular flexibility index (Phi) is 7.75. The smallest absolute Gasteiger partial charge is 0.407 e. The molecule has 0 aliphatic heterocycles. The first-order valence-corrected chi connectivity index (χ1v) is 9.30. The fourth-order valence-corrected chi connectivity index (χ4v) is 2.75. The largest absolute Gasteiger partial charge is 0.496 e. The minimum Gasteiger partial charge on any atom is -0.496 e. The van der Waals surface area contributed by atoms with Gasteiger partial charge in [0.15, 0.2) is 0 Å². The highest BCUT2D eigenvalue weighted by Crippen LogP contribution is 2.26. The third kappa shape index (κ3) is 7.24. The van der Waals surface area contributed by atoms with Crippen LogP contribution in [0.2, 0.25) is 0 Å². The maximum Gasteiger partial charge on any atom is 0.407 e. The van der Waals surface area contributed by atoms with Crippen molar-refractivity contribution in [3.8, 4) is 5.75 Å². The van der Waals surface area contributed by atoms with E-state index in [4.69, 9.17) is 9.47 Å². The van der Waals surface area contributed by atoms with Crippen LogP contribution in [0, 0.1) is 5.92 Å². The lowest BCUT2D eigenvalue weighted by Gasteiger charge is -2.35. The molecule has 0 bridgehead atoms. The van der Waals surface area contributed by atoms with Crippen LogP contribution in [0.4, 0.5) is 4.79 Å². The predicted molar refractivity (Wildman–Crippen MR) is 105 cm³/mol. The Labute approximate surface area is 160 Å². The van der Waals surface area contributed by atoms with Crippen LogP contribution in [0.15, 0.2) is 22.7 Å². The average molecular weight is 415 g/mol. The Hall–Kier alpha value is -1.27. The molecule has 25 heavy (non-hydrogen) atoms. The SMILES string of the molecule is COc1ccc(CNC(C)(CNC(=O)OC(C)(C)C)C(C)C)cc1Br. The summed E-state index contributed by atoms with van der Waals surface area (Å²) >= 11 is 3.51. The summed E-state index contributed by atoms with van der Waals surface area (Å²) in [5.74, 6) is 1.13. The minimum absolute atomic E-state index is 0.261. The lowest BCUT2D eigenvalue weighted by atomic mass is 9.88.